The van der Waals surface area contributed by atoms with Gasteiger partial charge in [0.2, 0.25) is 11.1 Å². The number of rotatable bonds is 2. The Kier molecular flexibility index (Phi) is 4.47. The van der Waals surface area contributed by atoms with E-state index in [1.807, 2.05) is 37.4 Å². The maximum atomic E-state index is 13.3. The fraction of sp³-hybridized carbons (Fsp3) is 0.0455. The summed E-state index contributed by atoms with van der Waals surface area (Å²) in [5.41, 5.74) is 5.45. The summed E-state index contributed by atoms with van der Waals surface area (Å²) in [6, 6.07) is 22.6. The lowest BCUT2D eigenvalue weighted by atomic mass is 10.1. The van der Waals surface area contributed by atoms with Gasteiger partial charge < -0.3 is 33.7 Å². The first kappa shape index (κ1) is 17.7. The third-order valence-corrected chi connectivity index (χ3v) is 4.78. The second-order valence-electron chi connectivity index (χ2n) is 6.36. The number of anilines is 2. The Morgan fingerprint density at radius 1 is 0.852 bits per heavy atom. The van der Waals surface area contributed by atoms with E-state index in [1.54, 1.807) is 12.1 Å². The standard InChI is InChI=1S/C22H15FN2O.HI/c1-25-18-8-4-2-6-16(18)20(24-15-12-10-14(23)11-13-15)22-21(25)17-7-3-5-9-19(17)26-22;/h2-13H,1H3;1H. The first-order valence-electron chi connectivity index (χ1n) is 8.47. The maximum absolute atomic E-state index is 13.3. The third kappa shape index (κ3) is 2.82. The zero-order chi connectivity index (χ0) is 17.7. The van der Waals surface area contributed by atoms with E-state index in [2.05, 4.69) is 28.1 Å². The summed E-state index contributed by atoms with van der Waals surface area (Å²) in [6.45, 7) is 0. The quantitative estimate of drug-likeness (QED) is 0.318. The summed E-state index contributed by atoms with van der Waals surface area (Å²) in [5, 5.41) is 5.55. The SMILES string of the molecule is C[n+]1c2ccccc2c(Nc2ccc(F)cc2)c2oc3ccccc3c21.[I-]. The monoisotopic (exact) mass is 470 g/mol. The zero-order valence-electron chi connectivity index (χ0n) is 14.5. The van der Waals surface area contributed by atoms with Gasteiger partial charge in [-0.15, -0.1) is 0 Å². The molecule has 0 aliphatic heterocycles. The number of furan rings is 1. The molecule has 0 bridgehead atoms. The van der Waals surface area contributed by atoms with E-state index in [-0.39, 0.29) is 29.8 Å². The fourth-order valence-corrected chi connectivity index (χ4v) is 3.56. The van der Waals surface area contributed by atoms with Crippen LogP contribution in [-0.4, -0.2) is 0 Å². The molecule has 0 spiro atoms. The minimum Gasteiger partial charge on any atom is -1.00 e. The Bertz CT molecular complexity index is 1280. The van der Waals surface area contributed by atoms with Crippen LogP contribution < -0.4 is 33.9 Å². The van der Waals surface area contributed by atoms with Crippen molar-refractivity contribution in [1.82, 2.24) is 0 Å². The van der Waals surface area contributed by atoms with Crippen LogP contribution in [0.1, 0.15) is 0 Å². The molecule has 0 radical (unpaired) electrons. The van der Waals surface area contributed by atoms with Gasteiger partial charge in [-0.25, -0.2) is 4.39 Å². The van der Waals surface area contributed by atoms with Crippen LogP contribution in [0.2, 0.25) is 0 Å². The molecule has 0 saturated carbocycles. The Morgan fingerprint density at radius 3 is 2.30 bits per heavy atom. The Morgan fingerprint density at radius 2 is 1.52 bits per heavy atom. The van der Waals surface area contributed by atoms with Gasteiger partial charge in [0, 0.05) is 11.8 Å². The lowest BCUT2D eigenvalue weighted by Gasteiger charge is -2.09. The largest absolute Gasteiger partial charge is 1.00 e. The number of hydrogen-bond donors (Lipinski definition) is 1. The first-order valence-corrected chi connectivity index (χ1v) is 8.47. The van der Waals surface area contributed by atoms with Crippen LogP contribution in [0.3, 0.4) is 0 Å². The summed E-state index contributed by atoms with van der Waals surface area (Å²) >= 11 is 0. The van der Waals surface area contributed by atoms with Gasteiger partial charge in [0.1, 0.15) is 24.1 Å². The Hall–Kier alpha value is -2.67. The fourth-order valence-electron chi connectivity index (χ4n) is 3.56. The molecule has 0 atom stereocenters. The van der Waals surface area contributed by atoms with Crippen LogP contribution in [0.4, 0.5) is 15.8 Å². The van der Waals surface area contributed by atoms with Gasteiger partial charge in [-0.05, 0) is 42.5 Å². The highest BCUT2D eigenvalue weighted by Crippen LogP contribution is 2.37. The minimum atomic E-state index is -0.256. The molecule has 2 heterocycles. The number of para-hydroxylation sites is 2. The van der Waals surface area contributed by atoms with E-state index in [1.165, 1.54) is 12.1 Å². The summed E-state index contributed by atoms with van der Waals surface area (Å²) in [4.78, 5) is 0. The number of fused-ring (bicyclic) bond motifs is 4. The summed E-state index contributed by atoms with van der Waals surface area (Å²) in [7, 11) is 2.05. The Labute approximate surface area is 172 Å². The highest BCUT2D eigenvalue weighted by atomic mass is 127. The molecule has 27 heavy (non-hydrogen) atoms. The smallest absolute Gasteiger partial charge is 0.261 e. The second kappa shape index (κ2) is 6.81. The molecular weight excluding hydrogens is 454 g/mol. The van der Waals surface area contributed by atoms with E-state index in [9.17, 15) is 4.39 Å². The molecule has 5 rings (SSSR count). The van der Waals surface area contributed by atoms with E-state index < -0.39 is 0 Å². The lowest BCUT2D eigenvalue weighted by Crippen LogP contribution is -3.00. The van der Waals surface area contributed by atoms with Gasteiger partial charge in [0.05, 0.1) is 10.8 Å². The zero-order valence-corrected chi connectivity index (χ0v) is 16.7. The van der Waals surface area contributed by atoms with Crippen LogP contribution in [-0.2, 0) is 7.05 Å². The molecule has 5 heteroatoms. The molecule has 0 unspecified atom stereocenters. The molecule has 2 aromatic heterocycles. The molecule has 5 aromatic rings. The number of nitrogens with zero attached hydrogens (tertiary/aromatic N) is 1. The molecule has 0 aliphatic rings. The van der Waals surface area contributed by atoms with Crippen molar-refractivity contribution in [3.05, 3.63) is 78.6 Å². The van der Waals surface area contributed by atoms with Crippen LogP contribution in [0, 0.1) is 5.82 Å². The lowest BCUT2D eigenvalue weighted by molar-refractivity contribution is -0.616. The van der Waals surface area contributed by atoms with Gasteiger partial charge in [0.15, 0.2) is 0 Å². The van der Waals surface area contributed by atoms with Crippen LogP contribution in [0.25, 0.3) is 33.0 Å². The molecule has 0 saturated heterocycles. The third-order valence-electron chi connectivity index (χ3n) is 4.78. The predicted octanol–water partition coefficient (Wildman–Crippen LogP) is 2.45. The van der Waals surface area contributed by atoms with Crippen molar-refractivity contribution in [3.8, 4) is 0 Å². The van der Waals surface area contributed by atoms with Gasteiger partial charge in [0.25, 0.3) is 5.52 Å². The van der Waals surface area contributed by atoms with Crippen LogP contribution >= 0.6 is 0 Å². The molecule has 3 aromatic carbocycles. The van der Waals surface area contributed by atoms with Gasteiger partial charge in [-0.1, -0.05) is 24.3 Å². The van der Waals surface area contributed by atoms with E-state index >= 15 is 0 Å². The van der Waals surface area contributed by atoms with Gasteiger partial charge in [-0.3, -0.25) is 0 Å². The number of pyridine rings is 1. The predicted molar refractivity (Wildman–Crippen MR) is 102 cm³/mol. The molecule has 0 aliphatic carbocycles. The first-order chi connectivity index (χ1) is 12.7. The van der Waals surface area contributed by atoms with Gasteiger partial charge >= 0.3 is 0 Å². The van der Waals surface area contributed by atoms with Crippen molar-refractivity contribution in [1.29, 1.82) is 0 Å². The molecule has 134 valence electrons. The molecule has 3 nitrogen and oxygen atoms in total. The number of aryl methyl sites for hydroxylation is 1. The number of aromatic nitrogens is 1. The summed E-state index contributed by atoms with van der Waals surface area (Å²) in [5.74, 6) is -0.256. The van der Waals surface area contributed by atoms with E-state index in [0.29, 0.717) is 0 Å². The van der Waals surface area contributed by atoms with Crippen LogP contribution in [0.5, 0.6) is 0 Å². The number of hydrogen-bond acceptors (Lipinski definition) is 2. The molecule has 1 N–H and O–H groups in total. The highest BCUT2D eigenvalue weighted by molar-refractivity contribution is 6.11. The highest BCUT2D eigenvalue weighted by Gasteiger charge is 2.24. The number of nitrogens with one attached hydrogen (secondary N) is 1. The van der Waals surface area contributed by atoms with Crippen LogP contribution in [0.15, 0.2) is 77.2 Å². The average molecular weight is 470 g/mol. The number of halogens is 2. The second-order valence-corrected chi connectivity index (χ2v) is 6.36. The van der Waals surface area contributed by atoms with E-state index in [4.69, 9.17) is 4.42 Å². The van der Waals surface area contributed by atoms with Crippen molar-refractivity contribution < 1.29 is 37.4 Å². The average Bonchev–Trinajstić information content (AvgIpc) is 3.06. The summed E-state index contributed by atoms with van der Waals surface area (Å²) < 4.78 is 21.6. The number of benzene rings is 3. The maximum Gasteiger partial charge on any atom is 0.261 e. The van der Waals surface area contributed by atoms with Crippen molar-refractivity contribution in [2.45, 2.75) is 0 Å². The molecular formula is C22H16FIN2O. The summed E-state index contributed by atoms with van der Waals surface area (Å²) in [6.07, 6.45) is 0. The van der Waals surface area contributed by atoms with E-state index in [0.717, 1.165) is 44.3 Å². The van der Waals surface area contributed by atoms with Gasteiger partial charge in [-0.2, -0.15) is 4.57 Å². The topological polar surface area (TPSA) is 29.1 Å². The minimum absolute atomic E-state index is 0. The van der Waals surface area contributed by atoms with Crippen molar-refractivity contribution >= 4 is 44.3 Å². The van der Waals surface area contributed by atoms with Crippen molar-refractivity contribution in [2.24, 2.45) is 7.05 Å². The normalized spacial score (nSPS) is 11.0. The van der Waals surface area contributed by atoms with Crippen molar-refractivity contribution in [2.75, 3.05) is 5.32 Å². The Balaban J connectivity index is 0.00000180. The molecule has 0 amide bonds. The molecule has 0 fully saturated rings. The van der Waals surface area contributed by atoms with Crippen molar-refractivity contribution in [3.63, 3.8) is 0 Å².